The van der Waals surface area contributed by atoms with E-state index in [1.807, 2.05) is 19.1 Å². The number of methoxy groups -OCH3 is 1. The van der Waals surface area contributed by atoms with Gasteiger partial charge in [0, 0.05) is 19.0 Å². The summed E-state index contributed by atoms with van der Waals surface area (Å²) >= 11 is 0. The first kappa shape index (κ1) is 27.0. The molecular formula is C23H35F2NO3. The van der Waals surface area contributed by atoms with Crippen molar-refractivity contribution in [3.63, 3.8) is 0 Å². The third kappa shape index (κ3) is 9.35. The Balaban J connectivity index is 0.000000838. The Morgan fingerprint density at radius 3 is 1.97 bits per heavy atom. The van der Waals surface area contributed by atoms with Crippen LogP contribution in [-0.2, 0) is 12.5 Å². The fourth-order valence-electron chi connectivity index (χ4n) is 2.32. The predicted octanol–water partition coefficient (Wildman–Crippen LogP) is 5.02. The summed E-state index contributed by atoms with van der Waals surface area (Å²) in [6, 6.07) is 10.2. The number of aliphatic hydroxyl groups is 2. The average Bonchev–Trinajstić information content (AvgIpc) is 2.68. The molecule has 0 amide bonds. The molecule has 2 aromatic rings. The standard InChI is InChI=1S/C17H19F2NO.C3H8O2.C3H8/c1-11-15(8-12(10-20)9-16(11)21-3)13-4-6-14(7-5-13)17(2,18)19;1-3(5)2-4;1-3-2/h4-9H,10,20H2,1-3H3;3-5H,2H2,1H3;3H2,1-2H3. The molecule has 6 heteroatoms. The lowest BCUT2D eigenvalue weighted by Crippen LogP contribution is -2.06. The fraction of sp³-hybridized carbons (Fsp3) is 0.478. The summed E-state index contributed by atoms with van der Waals surface area (Å²) in [5.74, 6) is -2.08. The summed E-state index contributed by atoms with van der Waals surface area (Å²) in [4.78, 5) is 0. The van der Waals surface area contributed by atoms with Gasteiger partial charge in [-0.1, -0.05) is 44.5 Å². The van der Waals surface area contributed by atoms with Crippen LogP contribution in [0.25, 0.3) is 11.1 Å². The van der Waals surface area contributed by atoms with E-state index in [9.17, 15) is 8.78 Å². The van der Waals surface area contributed by atoms with Crippen LogP contribution in [0.15, 0.2) is 36.4 Å². The van der Waals surface area contributed by atoms with Crippen molar-refractivity contribution in [3.05, 3.63) is 53.1 Å². The van der Waals surface area contributed by atoms with Gasteiger partial charge in [0.25, 0.3) is 5.92 Å². The maximum Gasteiger partial charge on any atom is 0.270 e. The number of hydrogen-bond acceptors (Lipinski definition) is 4. The van der Waals surface area contributed by atoms with E-state index in [1.165, 1.54) is 25.5 Å². The molecule has 0 spiro atoms. The zero-order valence-electron chi connectivity index (χ0n) is 18.3. The first-order valence-electron chi connectivity index (χ1n) is 9.70. The van der Waals surface area contributed by atoms with Crippen LogP contribution in [0.4, 0.5) is 8.78 Å². The highest BCUT2D eigenvalue weighted by Crippen LogP contribution is 2.34. The molecule has 2 rings (SSSR count). The van der Waals surface area contributed by atoms with E-state index in [-0.39, 0.29) is 12.2 Å². The van der Waals surface area contributed by atoms with Gasteiger partial charge in [-0.2, -0.15) is 0 Å². The maximum absolute atomic E-state index is 13.3. The highest BCUT2D eigenvalue weighted by molar-refractivity contribution is 5.71. The molecule has 0 aliphatic heterocycles. The lowest BCUT2D eigenvalue weighted by Gasteiger charge is -2.15. The molecule has 0 radical (unpaired) electrons. The number of alkyl halides is 2. The normalized spacial score (nSPS) is 11.6. The summed E-state index contributed by atoms with van der Waals surface area (Å²) < 4.78 is 31.9. The molecular weight excluding hydrogens is 376 g/mol. The van der Waals surface area contributed by atoms with Gasteiger partial charge >= 0.3 is 0 Å². The van der Waals surface area contributed by atoms with E-state index in [4.69, 9.17) is 20.7 Å². The Kier molecular flexibility index (Phi) is 12.3. The second-order valence-corrected chi connectivity index (χ2v) is 6.88. The highest BCUT2D eigenvalue weighted by atomic mass is 19.3. The van der Waals surface area contributed by atoms with Crippen molar-refractivity contribution in [2.45, 2.75) is 59.6 Å². The van der Waals surface area contributed by atoms with Gasteiger partial charge < -0.3 is 20.7 Å². The molecule has 0 aromatic heterocycles. The molecule has 0 aliphatic rings. The molecule has 0 saturated carbocycles. The molecule has 0 heterocycles. The number of halogens is 2. The number of nitrogens with two attached hydrogens (primary N) is 1. The van der Waals surface area contributed by atoms with Crippen LogP contribution in [0, 0.1) is 6.92 Å². The first-order valence-corrected chi connectivity index (χ1v) is 9.70. The molecule has 2 aromatic carbocycles. The first-order chi connectivity index (χ1) is 13.5. The van der Waals surface area contributed by atoms with E-state index in [2.05, 4.69) is 13.8 Å². The smallest absolute Gasteiger partial charge is 0.270 e. The van der Waals surface area contributed by atoms with Gasteiger partial charge in [-0.15, -0.1) is 0 Å². The molecule has 0 aliphatic carbocycles. The minimum absolute atomic E-state index is 0.00541. The Morgan fingerprint density at radius 1 is 1.14 bits per heavy atom. The number of benzene rings is 2. The number of hydrogen-bond donors (Lipinski definition) is 3. The van der Waals surface area contributed by atoms with E-state index < -0.39 is 12.0 Å². The largest absolute Gasteiger partial charge is 0.496 e. The fourth-order valence-corrected chi connectivity index (χ4v) is 2.32. The molecule has 0 bridgehead atoms. The van der Waals surface area contributed by atoms with Crippen LogP contribution in [0.2, 0.25) is 0 Å². The maximum atomic E-state index is 13.3. The summed E-state index contributed by atoms with van der Waals surface area (Å²) in [7, 11) is 1.60. The van der Waals surface area contributed by atoms with Crippen molar-refractivity contribution in [2.24, 2.45) is 5.73 Å². The SMILES string of the molecule is CC(O)CO.CCC.COc1cc(CN)cc(-c2ccc(C(C)(F)F)cc2)c1C. The lowest BCUT2D eigenvalue weighted by molar-refractivity contribution is 0.0175. The van der Waals surface area contributed by atoms with Gasteiger partial charge in [-0.05, 0) is 48.2 Å². The molecule has 4 nitrogen and oxygen atoms in total. The van der Waals surface area contributed by atoms with Crippen molar-refractivity contribution >= 4 is 0 Å². The van der Waals surface area contributed by atoms with Gasteiger partial charge in [0.1, 0.15) is 5.75 Å². The Labute approximate surface area is 173 Å². The summed E-state index contributed by atoms with van der Waals surface area (Å²) in [5, 5.41) is 16.0. The highest BCUT2D eigenvalue weighted by Gasteiger charge is 2.23. The Bertz CT molecular complexity index is 711. The van der Waals surface area contributed by atoms with Gasteiger partial charge in [0.15, 0.2) is 0 Å². The number of ether oxygens (including phenoxy) is 1. The second kappa shape index (κ2) is 13.2. The van der Waals surface area contributed by atoms with Crippen LogP contribution in [0.1, 0.15) is 50.8 Å². The lowest BCUT2D eigenvalue weighted by atomic mass is 9.95. The monoisotopic (exact) mass is 411 g/mol. The van der Waals surface area contributed by atoms with Gasteiger partial charge in [0.2, 0.25) is 0 Å². The van der Waals surface area contributed by atoms with E-state index in [0.29, 0.717) is 6.54 Å². The topological polar surface area (TPSA) is 75.7 Å². The van der Waals surface area contributed by atoms with E-state index in [1.54, 1.807) is 19.2 Å². The Morgan fingerprint density at radius 2 is 1.62 bits per heavy atom. The molecule has 1 unspecified atom stereocenters. The zero-order valence-corrected chi connectivity index (χ0v) is 18.3. The molecule has 29 heavy (non-hydrogen) atoms. The summed E-state index contributed by atoms with van der Waals surface area (Å²) in [5.41, 5.74) is 9.42. The van der Waals surface area contributed by atoms with Crippen molar-refractivity contribution < 1.29 is 23.7 Å². The van der Waals surface area contributed by atoms with Gasteiger partial charge in [-0.25, -0.2) is 8.78 Å². The Hall–Kier alpha value is -2.02. The average molecular weight is 412 g/mol. The summed E-state index contributed by atoms with van der Waals surface area (Å²) in [6.45, 7) is 8.87. The van der Waals surface area contributed by atoms with Gasteiger partial charge in [-0.3, -0.25) is 0 Å². The van der Waals surface area contributed by atoms with Gasteiger partial charge in [0.05, 0.1) is 19.8 Å². The van der Waals surface area contributed by atoms with Crippen LogP contribution in [0.5, 0.6) is 5.75 Å². The van der Waals surface area contributed by atoms with Crippen LogP contribution >= 0.6 is 0 Å². The van der Waals surface area contributed by atoms with E-state index >= 15 is 0 Å². The quantitative estimate of drug-likeness (QED) is 0.646. The third-order valence-electron chi connectivity index (χ3n) is 3.84. The predicted molar refractivity (Wildman–Crippen MR) is 115 cm³/mol. The minimum atomic E-state index is -2.83. The number of rotatable bonds is 5. The molecule has 0 saturated heterocycles. The van der Waals surface area contributed by atoms with Crippen molar-refractivity contribution in [3.8, 4) is 16.9 Å². The molecule has 1 atom stereocenters. The zero-order chi connectivity index (χ0) is 22.6. The minimum Gasteiger partial charge on any atom is -0.496 e. The van der Waals surface area contributed by atoms with Crippen molar-refractivity contribution in [1.29, 1.82) is 0 Å². The van der Waals surface area contributed by atoms with Crippen molar-refractivity contribution in [1.82, 2.24) is 0 Å². The van der Waals surface area contributed by atoms with Crippen LogP contribution in [0.3, 0.4) is 0 Å². The third-order valence-corrected chi connectivity index (χ3v) is 3.84. The molecule has 164 valence electrons. The molecule has 0 fully saturated rings. The van der Waals surface area contributed by atoms with E-state index in [0.717, 1.165) is 34.9 Å². The van der Waals surface area contributed by atoms with Crippen LogP contribution in [-0.4, -0.2) is 30.0 Å². The molecule has 4 N–H and O–H groups in total. The number of aliphatic hydroxyl groups excluding tert-OH is 2. The van der Waals surface area contributed by atoms with Crippen LogP contribution < -0.4 is 10.5 Å². The van der Waals surface area contributed by atoms with Crippen molar-refractivity contribution in [2.75, 3.05) is 13.7 Å². The second-order valence-electron chi connectivity index (χ2n) is 6.88. The summed E-state index contributed by atoms with van der Waals surface area (Å²) in [6.07, 6.45) is 0.690.